The van der Waals surface area contributed by atoms with Crippen molar-refractivity contribution in [3.8, 4) is 11.4 Å². The summed E-state index contributed by atoms with van der Waals surface area (Å²) in [7, 11) is 1.85. The quantitative estimate of drug-likeness (QED) is 0.463. The highest BCUT2D eigenvalue weighted by Crippen LogP contribution is 2.30. The van der Waals surface area contributed by atoms with E-state index < -0.39 is 0 Å². The topological polar surface area (TPSA) is 59.8 Å². The zero-order chi connectivity index (χ0) is 21.1. The maximum absolute atomic E-state index is 12.7. The molecule has 0 aliphatic carbocycles. The number of hydrogen-bond donors (Lipinski definition) is 1. The SMILES string of the molecule is CC(Sc1nnc(-c2ccccc2Cl)n1C)C(=O)NC(C)c1ccc(Cl)cc1Cl. The highest BCUT2D eigenvalue weighted by atomic mass is 35.5. The Hall–Kier alpha value is -1.73. The molecular formula is C20H19Cl3N4OS. The van der Waals surface area contributed by atoms with Crippen molar-refractivity contribution in [1.29, 1.82) is 0 Å². The number of nitrogens with zero attached hydrogens (tertiary/aromatic N) is 3. The standard InChI is InChI=1S/C20H19Cl3N4OS/c1-11(14-9-8-13(21)10-17(14)23)24-19(28)12(2)29-20-26-25-18(27(20)3)15-6-4-5-7-16(15)22/h4-12H,1-3H3,(H,24,28). The maximum atomic E-state index is 12.7. The van der Waals surface area contributed by atoms with Crippen molar-refractivity contribution < 1.29 is 4.79 Å². The number of carbonyl (C=O) groups excluding carboxylic acids is 1. The zero-order valence-corrected chi connectivity index (χ0v) is 19.1. The second-order valence-electron chi connectivity index (χ2n) is 6.50. The van der Waals surface area contributed by atoms with Gasteiger partial charge in [-0.25, -0.2) is 0 Å². The van der Waals surface area contributed by atoms with Gasteiger partial charge in [-0.1, -0.05) is 64.8 Å². The summed E-state index contributed by atoms with van der Waals surface area (Å²) in [4.78, 5) is 12.7. The predicted molar refractivity (Wildman–Crippen MR) is 120 cm³/mol. The molecule has 3 rings (SSSR count). The lowest BCUT2D eigenvalue weighted by Gasteiger charge is -2.18. The summed E-state index contributed by atoms with van der Waals surface area (Å²) in [5, 5.41) is 13.3. The normalized spacial score (nSPS) is 13.2. The van der Waals surface area contributed by atoms with Crippen LogP contribution in [0.2, 0.25) is 15.1 Å². The molecule has 0 radical (unpaired) electrons. The smallest absolute Gasteiger partial charge is 0.233 e. The molecule has 1 N–H and O–H groups in total. The van der Waals surface area contributed by atoms with Gasteiger partial charge in [0, 0.05) is 22.7 Å². The number of aromatic nitrogens is 3. The summed E-state index contributed by atoms with van der Waals surface area (Å²) < 4.78 is 1.83. The highest BCUT2D eigenvalue weighted by Gasteiger charge is 2.22. The Kier molecular flexibility index (Phi) is 7.11. The second-order valence-corrected chi connectivity index (χ2v) is 9.06. The summed E-state index contributed by atoms with van der Waals surface area (Å²) >= 11 is 19.8. The molecule has 2 aromatic carbocycles. The first-order valence-corrected chi connectivity index (χ1v) is 10.9. The molecule has 0 aliphatic heterocycles. The Balaban J connectivity index is 1.69. The molecule has 1 aromatic heterocycles. The Labute approximate surface area is 188 Å². The number of rotatable bonds is 6. The minimum atomic E-state index is -0.384. The molecule has 0 saturated carbocycles. The van der Waals surface area contributed by atoms with Crippen molar-refractivity contribution in [2.75, 3.05) is 0 Å². The molecule has 29 heavy (non-hydrogen) atoms. The van der Waals surface area contributed by atoms with E-state index in [1.807, 2.05) is 49.7 Å². The lowest BCUT2D eigenvalue weighted by Crippen LogP contribution is -2.33. The van der Waals surface area contributed by atoms with E-state index >= 15 is 0 Å². The molecule has 0 fully saturated rings. The fraction of sp³-hybridized carbons (Fsp3) is 0.250. The zero-order valence-electron chi connectivity index (χ0n) is 16.0. The molecular weight excluding hydrogens is 451 g/mol. The Morgan fingerprint density at radius 3 is 2.48 bits per heavy atom. The molecule has 0 spiro atoms. The molecule has 2 atom stereocenters. The highest BCUT2D eigenvalue weighted by molar-refractivity contribution is 8.00. The van der Waals surface area contributed by atoms with Crippen LogP contribution in [0, 0.1) is 0 Å². The van der Waals surface area contributed by atoms with Gasteiger partial charge in [0.25, 0.3) is 0 Å². The van der Waals surface area contributed by atoms with Gasteiger partial charge in [-0.2, -0.15) is 0 Å². The average molecular weight is 470 g/mol. The minimum absolute atomic E-state index is 0.129. The summed E-state index contributed by atoms with van der Waals surface area (Å²) in [6.45, 7) is 3.70. The van der Waals surface area contributed by atoms with Gasteiger partial charge in [0.1, 0.15) is 0 Å². The molecule has 0 bridgehead atoms. The van der Waals surface area contributed by atoms with Crippen LogP contribution in [0.25, 0.3) is 11.4 Å². The van der Waals surface area contributed by atoms with Crippen molar-refractivity contribution in [2.24, 2.45) is 7.05 Å². The predicted octanol–water partition coefficient (Wildman–Crippen LogP) is 5.80. The lowest BCUT2D eigenvalue weighted by atomic mass is 10.1. The first-order chi connectivity index (χ1) is 13.8. The molecule has 1 heterocycles. The third-order valence-corrected chi connectivity index (χ3v) is 6.41. The molecule has 3 aromatic rings. The van der Waals surface area contributed by atoms with Crippen LogP contribution in [0.5, 0.6) is 0 Å². The number of thioether (sulfide) groups is 1. The van der Waals surface area contributed by atoms with Crippen molar-refractivity contribution in [2.45, 2.75) is 30.3 Å². The van der Waals surface area contributed by atoms with Gasteiger partial charge in [-0.3, -0.25) is 4.79 Å². The third-order valence-electron chi connectivity index (χ3n) is 4.39. The van der Waals surface area contributed by atoms with Gasteiger partial charge in [0.05, 0.1) is 16.3 Å². The molecule has 9 heteroatoms. The number of halogens is 3. The Morgan fingerprint density at radius 1 is 1.07 bits per heavy atom. The van der Waals surface area contributed by atoms with Crippen LogP contribution >= 0.6 is 46.6 Å². The first kappa shape index (κ1) is 22.0. The van der Waals surface area contributed by atoms with Gasteiger partial charge in [0.2, 0.25) is 5.91 Å². The van der Waals surface area contributed by atoms with Crippen molar-refractivity contribution in [3.05, 3.63) is 63.1 Å². The van der Waals surface area contributed by atoms with Crippen LogP contribution in [0.3, 0.4) is 0 Å². The van der Waals surface area contributed by atoms with E-state index in [0.29, 0.717) is 26.0 Å². The van der Waals surface area contributed by atoms with Crippen LogP contribution in [-0.2, 0) is 11.8 Å². The number of nitrogens with one attached hydrogen (secondary N) is 1. The summed E-state index contributed by atoms with van der Waals surface area (Å²) in [5.41, 5.74) is 1.60. The van der Waals surface area contributed by atoms with Crippen molar-refractivity contribution in [1.82, 2.24) is 20.1 Å². The fourth-order valence-electron chi connectivity index (χ4n) is 2.77. The molecule has 0 saturated heterocycles. The van der Waals surface area contributed by atoms with E-state index in [-0.39, 0.29) is 17.2 Å². The summed E-state index contributed by atoms with van der Waals surface area (Å²) in [5.74, 6) is 0.517. The largest absolute Gasteiger partial charge is 0.349 e. The Morgan fingerprint density at radius 2 is 1.79 bits per heavy atom. The number of benzene rings is 2. The van der Waals surface area contributed by atoms with E-state index in [0.717, 1.165) is 11.1 Å². The van der Waals surface area contributed by atoms with Crippen LogP contribution in [0.4, 0.5) is 0 Å². The summed E-state index contributed by atoms with van der Waals surface area (Å²) in [6.07, 6.45) is 0. The van der Waals surface area contributed by atoms with E-state index in [1.165, 1.54) is 11.8 Å². The van der Waals surface area contributed by atoms with E-state index in [1.54, 1.807) is 18.2 Å². The lowest BCUT2D eigenvalue weighted by molar-refractivity contribution is -0.120. The monoisotopic (exact) mass is 468 g/mol. The first-order valence-electron chi connectivity index (χ1n) is 8.84. The molecule has 152 valence electrons. The fourth-order valence-corrected chi connectivity index (χ4v) is 4.38. The van der Waals surface area contributed by atoms with E-state index in [2.05, 4.69) is 15.5 Å². The van der Waals surface area contributed by atoms with Gasteiger partial charge in [0.15, 0.2) is 11.0 Å². The third kappa shape index (κ3) is 5.07. The van der Waals surface area contributed by atoms with Gasteiger partial charge < -0.3 is 9.88 Å². The van der Waals surface area contributed by atoms with E-state index in [4.69, 9.17) is 34.8 Å². The molecule has 1 amide bonds. The Bertz CT molecular complexity index is 1040. The summed E-state index contributed by atoms with van der Waals surface area (Å²) in [6, 6.07) is 12.4. The maximum Gasteiger partial charge on any atom is 0.233 e. The molecule has 5 nitrogen and oxygen atoms in total. The number of amides is 1. The van der Waals surface area contributed by atoms with Crippen molar-refractivity contribution in [3.63, 3.8) is 0 Å². The van der Waals surface area contributed by atoms with Crippen LogP contribution in [0.15, 0.2) is 47.6 Å². The van der Waals surface area contributed by atoms with Crippen LogP contribution in [0.1, 0.15) is 25.5 Å². The number of carbonyl (C=O) groups is 1. The molecule has 0 aliphatic rings. The van der Waals surface area contributed by atoms with Gasteiger partial charge >= 0.3 is 0 Å². The van der Waals surface area contributed by atoms with Crippen molar-refractivity contribution >= 4 is 52.5 Å². The molecule has 2 unspecified atom stereocenters. The van der Waals surface area contributed by atoms with Gasteiger partial charge in [-0.15, -0.1) is 10.2 Å². The van der Waals surface area contributed by atoms with Crippen LogP contribution in [-0.4, -0.2) is 25.9 Å². The second kappa shape index (κ2) is 9.39. The average Bonchev–Trinajstić information content (AvgIpc) is 3.02. The number of hydrogen-bond acceptors (Lipinski definition) is 4. The van der Waals surface area contributed by atoms with E-state index in [9.17, 15) is 4.79 Å². The van der Waals surface area contributed by atoms with Gasteiger partial charge in [-0.05, 0) is 43.7 Å². The van der Waals surface area contributed by atoms with Crippen LogP contribution < -0.4 is 5.32 Å². The minimum Gasteiger partial charge on any atom is -0.349 e.